The van der Waals surface area contributed by atoms with Crippen LogP contribution in [0, 0.1) is 12.7 Å². The minimum absolute atomic E-state index is 0.176. The van der Waals surface area contributed by atoms with Crippen LogP contribution in [-0.4, -0.2) is 26.5 Å². The van der Waals surface area contributed by atoms with E-state index in [1.54, 1.807) is 0 Å². The fourth-order valence-corrected chi connectivity index (χ4v) is 3.11. The number of aryl methyl sites for hydroxylation is 1. The van der Waals surface area contributed by atoms with Gasteiger partial charge in [-0.2, -0.15) is 13.2 Å². The van der Waals surface area contributed by atoms with Gasteiger partial charge in [0.05, 0.1) is 23.3 Å². The van der Waals surface area contributed by atoms with E-state index in [1.807, 2.05) is 4.72 Å². The van der Waals surface area contributed by atoms with Gasteiger partial charge in [0, 0.05) is 5.69 Å². The number of benzene rings is 1. The number of aromatic amines is 1. The standard InChI is InChI=1S/C14H12F4N2O4S/c1-7-5-11(12(19-7)13(21)24-2)20-25(22,23)8-3-4-10(15)9(6-8)14(16,17)18/h3-6,19-20H,1-2H3. The molecule has 0 saturated carbocycles. The summed E-state index contributed by atoms with van der Waals surface area (Å²) in [5.74, 6) is -2.47. The number of carbonyl (C=O) groups excluding carboxylic acids is 1. The number of alkyl halides is 3. The summed E-state index contributed by atoms with van der Waals surface area (Å²) in [6.07, 6.45) is -5.06. The molecule has 0 spiro atoms. The molecule has 11 heteroatoms. The van der Waals surface area contributed by atoms with Gasteiger partial charge in [0.25, 0.3) is 10.0 Å². The summed E-state index contributed by atoms with van der Waals surface area (Å²) in [5.41, 5.74) is -1.73. The Balaban J connectivity index is 2.46. The van der Waals surface area contributed by atoms with Gasteiger partial charge in [-0.1, -0.05) is 0 Å². The van der Waals surface area contributed by atoms with Gasteiger partial charge in [0.1, 0.15) is 11.5 Å². The molecule has 0 fully saturated rings. The van der Waals surface area contributed by atoms with Crippen molar-refractivity contribution in [2.75, 3.05) is 11.8 Å². The maximum absolute atomic E-state index is 13.3. The van der Waals surface area contributed by atoms with E-state index in [4.69, 9.17) is 0 Å². The van der Waals surface area contributed by atoms with Crippen molar-refractivity contribution in [1.29, 1.82) is 0 Å². The summed E-state index contributed by atoms with van der Waals surface area (Å²) < 4.78 is 82.6. The van der Waals surface area contributed by atoms with Crippen LogP contribution in [0.5, 0.6) is 0 Å². The van der Waals surface area contributed by atoms with Gasteiger partial charge in [0.2, 0.25) is 0 Å². The normalized spacial score (nSPS) is 12.1. The lowest BCUT2D eigenvalue weighted by atomic mass is 10.2. The number of rotatable bonds is 4. The minimum atomic E-state index is -5.06. The van der Waals surface area contributed by atoms with E-state index >= 15 is 0 Å². The van der Waals surface area contributed by atoms with Gasteiger partial charge in [-0.25, -0.2) is 17.6 Å². The van der Waals surface area contributed by atoms with Crippen molar-refractivity contribution >= 4 is 21.7 Å². The average Bonchev–Trinajstić information content (AvgIpc) is 2.85. The first-order chi connectivity index (χ1) is 11.5. The van der Waals surface area contributed by atoms with Gasteiger partial charge >= 0.3 is 12.1 Å². The second-order valence-corrected chi connectivity index (χ2v) is 6.66. The van der Waals surface area contributed by atoms with E-state index < -0.39 is 38.4 Å². The third kappa shape index (κ3) is 3.92. The Bertz CT molecular complexity index is 919. The first kappa shape index (κ1) is 18.8. The number of anilines is 1. The third-order valence-electron chi connectivity index (χ3n) is 3.14. The van der Waals surface area contributed by atoms with Crippen molar-refractivity contribution in [3.8, 4) is 0 Å². The number of H-pyrrole nitrogens is 1. The van der Waals surface area contributed by atoms with E-state index in [9.17, 15) is 30.8 Å². The average molecular weight is 380 g/mol. The number of aromatic nitrogens is 1. The number of sulfonamides is 1. The topological polar surface area (TPSA) is 88.3 Å². The second kappa shape index (κ2) is 6.39. The molecule has 1 aromatic carbocycles. The maximum Gasteiger partial charge on any atom is 0.419 e. The van der Waals surface area contributed by atoms with Gasteiger partial charge in [-0.15, -0.1) is 0 Å². The fourth-order valence-electron chi connectivity index (χ4n) is 2.03. The van der Waals surface area contributed by atoms with Crippen molar-refractivity contribution in [3.63, 3.8) is 0 Å². The van der Waals surface area contributed by atoms with Gasteiger partial charge < -0.3 is 9.72 Å². The molecule has 0 radical (unpaired) electrons. The predicted octanol–water partition coefficient (Wildman–Crippen LogP) is 3.07. The van der Waals surface area contributed by atoms with Crippen LogP contribution in [0.15, 0.2) is 29.2 Å². The Hall–Kier alpha value is -2.56. The summed E-state index contributed by atoms with van der Waals surface area (Å²) in [5, 5.41) is 0. The van der Waals surface area contributed by atoms with Crippen molar-refractivity contribution < 1.29 is 35.5 Å². The molecule has 0 saturated heterocycles. The van der Waals surface area contributed by atoms with Crippen molar-refractivity contribution in [1.82, 2.24) is 4.98 Å². The monoisotopic (exact) mass is 380 g/mol. The fraction of sp³-hybridized carbons (Fsp3) is 0.214. The molecule has 0 unspecified atom stereocenters. The molecule has 1 heterocycles. The van der Waals surface area contributed by atoms with E-state index in [0.717, 1.165) is 7.11 Å². The molecule has 6 nitrogen and oxygen atoms in total. The minimum Gasteiger partial charge on any atom is -0.464 e. The van der Waals surface area contributed by atoms with E-state index in [-0.39, 0.29) is 17.4 Å². The number of nitrogens with one attached hydrogen (secondary N) is 2. The molecule has 0 aliphatic rings. The molecule has 0 aliphatic heterocycles. The van der Waals surface area contributed by atoms with Crippen LogP contribution < -0.4 is 4.72 Å². The van der Waals surface area contributed by atoms with Gasteiger partial charge in [-0.3, -0.25) is 4.72 Å². The lowest BCUT2D eigenvalue weighted by molar-refractivity contribution is -0.140. The number of hydrogen-bond acceptors (Lipinski definition) is 4. The van der Waals surface area contributed by atoms with Crippen LogP contribution in [0.4, 0.5) is 23.2 Å². The molecule has 2 N–H and O–H groups in total. The number of hydrogen-bond donors (Lipinski definition) is 2. The number of carbonyl (C=O) groups is 1. The Labute approximate surface area is 139 Å². The van der Waals surface area contributed by atoms with Crippen molar-refractivity contribution in [2.24, 2.45) is 0 Å². The highest BCUT2D eigenvalue weighted by Gasteiger charge is 2.35. The Morgan fingerprint density at radius 1 is 1.24 bits per heavy atom. The second-order valence-electron chi connectivity index (χ2n) is 4.98. The number of esters is 1. The number of ether oxygens (including phenoxy) is 1. The molecule has 25 heavy (non-hydrogen) atoms. The van der Waals surface area contributed by atoms with Crippen LogP contribution in [-0.2, 0) is 20.9 Å². The molecule has 2 rings (SSSR count). The molecule has 136 valence electrons. The van der Waals surface area contributed by atoms with Crippen LogP contribution in [0.25, 0.3) is 0 Å². The Kier molecular flexibility index (Phi) is 4.80. The first-order valence-electron chi connectivity index (χ1n) is 6.63. The van der Waals surface area contributed by atoms with Crippen LogP contribution in [0.2, 0.25) is 0 Å². The molecule has 0 atom stereocenters. The predicted molar refractivity (Wildman–Crippen MR) is 79.1 cm³/mol. The first-order valence-corrected chi connectivity index (χ1v) is 8.11. The van der Waals surface area contributed by atoms with Crippen LogP contribution in [0.3, 0.4) is 0 Å². The summed E-state index contributed by atoms with van der Waals surface area (Å²) >= 11 is 0. The lowest BCUT2D eigenvalue weighted by Crippen LogP contribution is -2.17. The lowest BCUT2D eigenvalue weighted by Gasteiger charge is -2.12. The zero-order chi connectivity index (χ0) is 19.0. The summed E-state index contributed by atoms with van der Waals surface area (Å²) in [6, 6.07) is 2.53. The third-order valence-corrected chi connectivity index (χ3v) is 4.50. The van der Waals surface area contributed by atoms with Crippen molar-refractivity contribution in [2.45, 2.75) is 18.0 Å². The maximum atomic E-state index is 13.3. The largest absolute Gasteiger partial charge is 0.464 e. The molecule has 0 aliphatic carbocycles. The zero-order valence-corrected chi connectivity index (χ0v) is 13.7. The summed E-state index contributed by atoms with van der Waals surface area (Å²) in [4.78, 5) is 13.4. The zero-order valence-electron chi connectivity index (χ0n) is 12.9. The summed E-state index contributed by atoms with van der Waals surface area (Å²) in [7, 11) is -3.43. The van der Waals surface area contributed by atoms with Gasteiger partial charge in [-0.05, 0) is 31.2 Å². The Morgan fingerprint density at radius 2 is 1.88 bits per heavy atom. The molecule has 0 bridgehead atoms. The molecular formula is C14H12F4N2O4S. The summed E-state index contributed by atoms with van der Waals surface area (Å²) in [6.45, 7) is 1.53. The van der Waals surface area contributed by atoms with Crippen LogP contribution >= 0.6 is 0 Å². The SMILES string of the molecule is COC(=O)c1[nH]c(C)cc1NS(=O)(=O)c1ccc(F)c(C(F)(F)F)c1. The van der Waals surface area contributed by atoms with E-state index in [2.05, 4.69) is 9.72 Å². The number of halogens is 4. The highest BCUT2D eigenvalue weighted by molar-refractivity contribution is 7.92. The van der Waals surface area contributed by atoms with Crippen LogP contribution in [0.1, 0.15) is 21.7 Å². The van der Waals surface area contributed by atoms with Crippen molar-refractivity contribution in [3.05, 3.63) is 47.0 Å². The quantitative estimate of drug-likeness (QED) is 0.630. The molecule has 1 aromatic heterocycles. The van der Waals surface area contributed by atoms with Gasteiger partial charge in [0.15, 0.2) is 0 Å². The smallest absolute Gasteiger partial charge is 0.419 e. The molecular weight excluding hydrogens is 368 g/mol. The Morgan fingerprint density at radius 3 is 2.44 bits per heavy atom. The van der Waals surface area contributed by atoms with E-state index in [1.165, 1.54) is 13.0 Å². The highest BCUT2D eigenvalue weighted by Crippen LogP contribution is 2.33. The number of methoxy groups -OCH3 is 1. The molecule has 2 aromatic rings. The molecule has 0 amide bonds. The highest BCUT2D eigenvalue weighted by atomic mass is 32.2. The van der Waals surface area contributed by atoms with E-state index in [0.29, 0.717) is 17.8 Å².